The molecule has 0 unspecified atom stereocenters. The summed E-state index contributed by atoms with van der Waals surface area (Å²) in [7, 11) is 0. The number of H-pyrrole nitrogens is 2. The minimum absolute atomic E-state index is 0.212. The monoisotopic (exact) mass is 451 g/mol. The van der Waals surface area contributed by atoms with Crippen LogP contribution in [-0.2, 0) is 0 Å². The molecule has 174 valence electrons. The van der Waals surface area contributed by atoms with E-state index in [0.29, 0.717) is 34.5 Å². The van der Waals surface area contributed by atoms with E-state index < -0.39 is 5.69 Å². The predicted octanol–water partition coefficient (Wildman–Crippen LogP) is -0.0882. The molecule has 0 radical (unpaired) electrons. The molecule has 3 aromatic rings. The molecule has 1 aliphatic carbocycles. The number of rotatable bonds is 4. The molecule has 1 saturated carbocycles. The van der Waals surface area contributed by atoms with Crippen LogP contribution >= 0.6 is 0 Å². The number of hydrogen-bond acceptors (Lipinski definition) is 8. The van der Waals surface area contributed by atoms with Crippen LogP contribution in [0.2, 0.25) is 0 Å². The van der Waals surface area contributed by atoms with Gasteiger partial charge in [0.15, 0.2) is 5.65 Å². The van der Waals surface area contributed by atoms with Crippen LogP contribution in [0.15, 0.2) is 16.0 Å². The van der Waals surface area contributed by atoms with Gasteiger partial charge in [-0.1, -0.05) is 6.42 Å². The third-order valence-electron chi connectivity index (χ3n) is 6.90. The van der Waals surface area contributed by atoms with Crippen molar-refractivity contribution in [2.45, 2.75) is 57.0 Å². The van der Waals surface area contributed by atoms with Crippen LogP contribution in [0.4, 0.5) is 5.95 Å². The number of imidazole rings is 1. The summed E-state index contributed by atoms with van der Waals surface area (Å²) in [4.78, 5) is 35.8. The summed E-state index contributed by atoms with van der Waals surface area (Å²) in [6, 6.07) is 0.940. The van der Waals surface area contributed by atoms with Gasteiger partial charge in [0, 0.05) is 24.4 Å². The van der Waals surface area contributed by atoms with Crippen molar-refractivity contribution in [3.8, 4) is 5.88 Å². The maximum absolute atomic E-state index is 11.5. The highest BCUT2D eigenvalue weighted by Crippen LogP contribution is 2.24. The van der Waals surface area contributed by atoms with Crippen molar-refractivity contribution in [2.75, 3.05) is 31.1 Å². The van der Waals surface area contributed by atoms with E-state index in [0.717, 1.165) is 38.8 Å². The van der Waals surface area contributed by atoms with Crippen molar-refractivity contribution >= 4 is 17.7 Å². The van der Waals surface area contributed by atoms with Gasteiger partial charge in [-0.3, -0.25) is 4.98 Å². The summed E-state index contributed by atoms with van der Waals surface area (Å²) in [6.45, 7) is 4.28. The summed E-state index contributed by atoms with van der Waals surface area (Å²) in [6.07, 6.45) is 11.7. The van der Waals surface area contributed by atoms with Gasteiger partial charge in [0.1, 0.15) is 5.69 Å². The fraction of sp³-hybridized carbons (Fsp3) is 0.591. The minimum Gasteiger partial charge on any atom is -0.493 e. The lowest BCUT2D eigenvalue weighted by Gasteiger charge is -2.40. The Bertz CT molecular complexity index is 1320. The molecule has 3 fully saturated rings. The molecule has 3 N–H and O–H groups in total. The Balaban J connectivity index is 1.35. The van der Waals surface area contributed by atoms with Crippen molar-refractivity contribution in [1.29, 1.82) is 0 Å². The molecule has 2 saturated heterocycles. The topological polar surface area (TPSA) is 131 Å². The second kappa shape index (κ2) is 8.29. The van der Waals surface area contributed by atoms with Crippen LogP contribution in [0.25, 0.3) is 11.7 Å². The molecule has 6 rings (SSSR count). The third-order valence-corrected chi connectivity index (χ3v) is 6.90. The Morgan fingerprint density at radius 1 is 1.03 bits per heavy atom. The van der Waals surface area contributed by atoms with Crippen molar-refractivity contribution in [1.82, 2.24) is 34.4 Å². The molecule has 11 heteroatoms. The normalized spacial score (nSPS) is 22.0. The minimum atomic E-state index is -0.466. The lowest BCUT2D eigenvalue weighted by molar-refractivity contribution is 0.141. The Labute approximate surface area is 189 Å². The van der Waals surface area contributed by atoms with Crippen molar-refractivity contribution in [3.63, 3.8) is 0 Å². The number of aromatic amines is 2. The van der Waals surface area contributed by atoms with Gasteiger partial charge in [-0.2, -0.15) is 19.6 Å². The summed E-state index contributed by atoms with van der Waals surface area (Å²) >= 11 is 0. The highest BCUT2D eigenvalue weighted by Gasteiger charge is 2.27. The first-order valence-corrected chi connectivity index (χ1v) is 12.0. The van der Waals surface area contributed by atoms with Crippen LogP contribution in [0, 0.1) is 0 Å². The molecular weight excluding hydrogens is 422 g/mol. The molecule has 3 aromatic heterocycles. The van der Waals surface area contributed by atoms with Crippen LogP contribution in [0.3, 0.4) is 0 Å². The van der Waals surface area contributed by atoms with Crippen molar-refractivity contribution < 1.29 is 5.11 Å². The number of aromatic hydroxyl groups is 1. The molecule has 3 aliphatic rings. The zero-order valence-corrected chi connectivity index (χ0v) is 18.6. The Hall–Kier alpha value is -3.21. The van der Waals surface area contributed by atoms with Gasteiger partial charge in [-0.05, 0) is 57.7 Å². The van der Waals surface area contributed by atoms with Gasteiger partial charge in [-0.25, -0.2) is 9.79 Å². The van der Waals surface area contributed by atoms with E-state index in [1.54, 1.807) is 16.8 Å². The molecular formula is C22H29N9O2. The lowest BCUT2D eigenvalue weighted by Crippen LogP contribution is -2.47. The number of fused-ring (bicyclic) bond motifs is 1. The van der Waals surface area contributed by atoms with Gasteiger partial charge in [0.25, 0.3) is 5.62 Å². The van der Waals surface area contributed by atoms with Gasteiger partial charge >= 0.3 is 5.69 Å². The van der Waals surface area contributed by atoms with Crippen molar-refractivity contribution in [2.24, 2.45) is 4.99 Å². The lowest BCUT2D eigenvalue weighted by atomic mass is 10.0. The van der Waals surface area contributed by atoms with Crippen LogP contribution < -0.4 is 21.4 Å². The first-order chi connectivity index (χ1) is 16.1. The molecule has 0 amide bonds. The smallest absolute Gasteiger partial charge is 0.326 e. The van der Waals surface area contributed by atoms with Gasteiger partial charge in [0.2, 0.25) is 11.8 Å². The quantitative estimate of drug-likeness (QED) is 0.505. The molecule has 5 heterocycles. The Kier molecular flexibility index (Phi) is 5.12. The molecule has 0 spiro atoms. The number of likely N-dealkylation sites (tertiary alicyclic amines) is 1. The first-order valence-electron chi connectivity index (χ1n) is 12.0. The maximum Gasteiger partial charge on any atom is 0.326 e. The molecule has 33 heavy (non-hydrogen) atoms. The average Bonchev–Trinajstić information content (AvgIpc) is 3.47. The average molecular weight is 452 g/mol. The fourth-order valence-corrected chi connectivity index (χ4v) is 4.93. The van der Waals surface area contributed by atoms with Crippen LogP contribution in [-0.4, -0.2) is 77.8 Å². The van der Waals surface area contributed by atoms with Gasteiger partial charge < -0.3 is 19.9 Å². The summed E-state index contributed by atoms with van der Waals surface area (Å²) < 4.78 is 1.65. The van der Waals surface area contributed by atoms with Crippen LogP contribution in [0.5, 0.6) is 5.88 Å². The highest BCUT2D eigenvalue weighted by atomic mass is 16.3. The SMILES string of the molecule is O=c1[nH]c(O)c(/C=c2\cnn3c(=NC4CC4)nc(N4CCC(N5CCCCC5)CC4)nc23)[nH]1. The molecule has 2 aliphatic heterocycles. The van der Waals surface area contributed by atoms with E-state index in [-0.39, 0.29) is 11.6 Å². The van der Waals surface area contributed by atoms with Gasteiger partial charge in [-0.15, -0.1) is 0 Å². The summed E-state index contributed by atoms with van der Waals surface area (Å²) in [5.74, 6) is 0.456. The van der Waals surface area contributed by atoms with E-state index in [2.05, 4.69) is 24.9 Å². The van der Waals surface area contributed by atoms with E-state index in [1.807, 2.05) is 0 Å². The largest absolute Gasteiger partial charge is 0.493 e. The first kappa shape index (κ1) is 20.4. The van der Waals surface area contributed by atoms with E-state index in [1.165, 1.54) is 32.4 Å². The third kappa shape index (κ3) is 4.12. The van der Waals surface area contributed by atoms with Crippen molar-refractivity contribution in [3.05, 3.63) is 33.2 Å². The number of nitrogens with zero attached hydrogens (tertiary/aromatic N) is 7. The van der Waals surface area contributed by atoms with Crippen LogP contribution in [0.1, 0.15) is 50.6 Å². The number of piperidine rings is 2. The van der Waals surface area contributed by atoms with E-state index >= 15 is 0 Å². The van der Waals surface area contributed by atoms with E-state index in [4.69, 9.17) is 15.0 Å². The maximum atomic E-state index is 11.5. The Morgan fingerprint density at radius 3 is 2.52 bits per heavy atom. The zero-order chi connectivity index (χ0) is 22.4. The molecule has 0 aromatic carbocycles. The predicted molar refractivity (Wildman–Crippen MR) is 122 cm³/mol. The second-order valence-electron chi connectivity index (χ2n) is 9.32. The Morgan fingerprint density at radius 2 is 1.82 bits per heavy atom. The van der Waals surface area contributed by atoms with Gasteiger partial charge in [0.05, 0.1) is 12.2 Å². The number of anilines is 1. The second-order valence-corrected chi connectivity index (χ2v) is 9.32. The molecule has 0 atom stereocenters. The fourth-order valence-electron chi connectivity index (χ4n) is 4.93. The standard InChI is InChI=1S/C22H29N9O2/c32-19-17(25-22(33)27-19)12-14-13-23-31-18(14)26-20(28-21(31)24-15-4-5-15)30-10-6-16(7-11-30)29-8-2-1-3-9-29/h12-13,15-16,32H,1-11H2,(H2,25,27,33)/b14-12+,24-21?. The molecule has 11 nitrogen and oxygen atoms in total. The number of nitrogens with one attached hydrogen (secondary N) is 2. The number of hydrogen-bond donors (Lipinski definition) is 3. The van der Waals surface area contributed by atoms with E-state index in [9.17, 15) is 9.90 Å². The summed E-state index contributed by atoms with van der Waals surface area (Å²) in [5, 5.41) is 15.1. The summed E-state index contributed by atoms with van der Waals surface area (Å²) in [5.41, 5.74) is 0.991. The molecule has 0 bridgehead atoms. The highest BCUT2D eigenvalue weighted by molar-refractivity contribution is 5.57. The zero-order valence-electron chi connectivity index (χ0n) is 18.6. The number of aromatic nitrogens is 6.